The Labute approximate surface area is 151 Å². The van der Waals surface area contributed by atoms with Crippen molar-refractivity contribution in [2.24, 2.45) is 0 Å². The van der Waals surface area contributed by atoms with Gasteiger partial charge in [-0.15, -0.1) is 0 Å². The van der Waals surface area contributed by atoms with E-state index in [0.29, 0.717) is 18.0 Å². The highest BCUT2D eigenvalue weighted by atomic mass is 16.6. The number of carbonyl (C=O) groups is 1. The average molecular weight is 352 g/mol. The van der Waals surface area contributed by atoms with Crippen molar-refractivity contribution in [3.05, 3.63) is 71.6 Å². The lowest BCUT2D eigenvalue weighted by Crippen LogP contribution is -2.06. The molecule has 0 bridgehead atoms. The number of rotatable bonds is 7. The zero-order valence-electron chi connectivity index (χ0n) is 14.7. The van der Waals surface area contributed by atoms with Gasteiger partial charge in [-0.05, 0) is 31.5 Å². The molecule has 6 nitrogen and oxygen atoms in total. The third-order valence-electron chi connectivity index (χ3n) is 3.60. The molecule has 3 rings (SSSR count). The molecule has 0 amide bonds. The van der Waals surface area contributed by atoms with Gasteiger partial charge in [0.15, 0.2) is 6.61 Å². The van der Waals surface area contributed by atoms with Crippen LogP contribution in [0.1, 0.15) is 35.7 Å². The highest BCUT2D eigenvalue weighted by molar-refractivity contribution is 5.89. The van der Waals surface area contributed by atoms with Gasteiger partial charge in [0.05, 0.1) is 18.3 Å². The summed E-state index contributed by atoms with van der Waals surface area (Å²) in [6.07, 6.45) is 0.162. The van der Waals surface area contributed by atoms with Crippen molar-refractivity contribution in [1.29, 1.82) is 0 Å². The third kappa shape index (κ3) is 4.77. The number of benzene rings is 2. The summed E-state index contributed by atoms with van der Waals surface area (Å²) in [4.78, 5) is 16.4. The summed E-state index contributed by atoms with van der Waals surface area (Å²) >= 11 is 0. The number of hydrogen-bond donors (Lipinski definition) is 0. The minimum atomic E-state index is -0.444. The maximum Gasteiger partial charge on any atom is 0.338 e. The summed E-state index contributed by atoms with van der Waals surface area (Å²) < 4.78 is 15.9. The van der Waals surface area contributed by atoms with E-state index in [1.54, 1.807) is 12.1 Å². The van der Waals surface area contributed by atoms with Gasteiger partial charge in [-0.25, -0.2) is 4.79 Å². The minimum absolute atomic E-state index is 0.0725. The van der Waals surface area contributed by atoms with Gasteiger partial charge in [-0.3, -0.25) is 0 Å². The standard InChI is InChI=1S/C20H20N2O4/c1-14(2)24-12-15-8-10-17(11-9-15)20(23)25-13-18-21-19(22-26-18)16-6-4-3-5-7-16/h3-11,14H,12-13H2,1-2H3. The fraction of sp³-hybridized carbons (Fsp3) is 0.250. The summed E-state index contributed by atoms with van der Waals surface area (Å²) in [5, 5.41) is 3.89. The van der Waals surface area contributed by atoms with E-state index >= 15 is 0 Å². The molecule has 0 saturated heterocycles. The molecule has 1 heterocycles. The molecule has 0 atom stereocenters. The largest absolute Gasteiger partial charge is 0.452 e. The molecule has 1 aromatic heterocycles. The number of hydrogen-bond acceptors (Lipinski definition) is 6. The average Bonchev–Trinajstić information content (AvgIpc) is 3.14. The molecule has 0 aliphatic carbocycles. The van der Waals surface area contributed by atoms with Crippen molar-refractivity contribution < 1.29 is 18.8 Å². The first-order chi connectivity index (χ1) is 12.6. The van der Waals surface area contributed by atoms with Gasteiger partial charge in [0.1, 0.15) is 0 Å². The van der Waals surface area contributed by atoms with Gasteiger partial charge in [0, 0.05) is 5.56 Å². The molecule has 134 valence electrons. The van der Waals surface area contributed by atoms with E-state index in [-0.39, 0.29) is 18.6 Å². The van der Waals surface area contributed by atoms with E-state index in [2.05, 4.69) is 10.1 Å². The molecule has 6 heteroatoms. The van der Waals surface area contributed by atoms with Crippen LogP contribution < -0.4 is 0 Å². The van der Waals surface area contributed by atoms with Gasteiger partial charge in [0.25, 0.3) is 5.89 Å². The van der Waals surface area contributed by atoms with Crippen molar-refractivity contribution in [2.45, 2.75) is 33.2 Å². The van der Waals surface area contributed by atoms with Gasteiger partial charge < -0.3 is 14.0 Å². The molecule has 0 spiro atoms. The monoisotopic (exact) mass is 352 g/mol. The van der Waals surface area contributed by atoms with Gasteiger partial charge >= 0.3 is 5.97 Å². The second-order valence-electron chi connectivity index (χ2n) is 6.01. The second-order valence-corrected chi connectivity index (χ2v) is 6.01. The van der Waals surface area contributed by atoms with Crippen LogP contribution in [0.4, 0.5) is 0 Å². The number of carbonyl (C=O) groups excluding carboxylic acids is 1. The third-order valence-corrected chi connectivity index (χ3v) is 3.60. The van der Waals surface area contributed by atoms with E-state index in [1.807, 2.05) is 56.3 Å². The Kier molecular flexibility index (Phi) is 5.76. The minimum Gasteiger partial charge on any atom is -0.452 e. The Hall–Kier alpha value is -2.99. The van der Waals surface area contributed by atoms with E-state index < -0.39 is 5.97 Å². The van der Waals surface area contributed by atoms with Crippen molar-refractivity contribution in [1.82, 2.24) is 10.1 Å². The topological polar surface area (TPSA) is 74.5 Å². The molecule has 26 heavy (non-hydrogen) atoms. The van der Waals surface area contributed by atoms with E-state index in [4.69, 9.17) is 14.0 Å². The van der Waals surface area contributed by atoms with Crippen molar-refractivity contribution in [2.75, 3.05) is 0 Å². The van der Waals surface area contributed by atoms with Gasteiger partial charge in [-0.2, -0.15) is 4.98 Å². The number of esters is 1. The molecule has 0 aliphatic heterocycles. The fourth-order valence-electron chi connectivity index (χ4n) is 2.23. The van der Waals surface area contributed by atoms with E-state index in [9.17, 15) is 4.79 Å². The first kappa shape index (κ1) is 17.8. The normalized spacial score (nSPS) is 10.9. The van der Waals surface area contributed by atoms with Crippen LogP contribution >= 0.6 is 0 Å². The Morgan fingerprint density at radius 3 is 2.46 bits per heavy atom. The molecule has 0 aliphatic rings. The zero-order valence-corrected chi connectivity index (χ0v) is 14.7. The molecule has 0 radical (unpaired) electrons. The lowest BCUT2D eigenvalue weighted by atomic mass is 10.1. The highest BCUT2D eigenvalue weighted by Gasteiger charge is 2.12. The van der Waals surface area contributed by atoms with Crippen LogP contribution in [-0.4, -0.2) is 22.2 Å². The van der Waals surface area contributed by atoms with E-state index in [1.165, 1.54) is 0 Å². The van der Waals surface area contributed by atoms with Gasteiger partial charge in [0.2, 0.25) is 5.82 Å². The SMILES string of the molecule is CC(C)OCc1ccc(C(=O)OCc2nc(-c3ccccc3)no2)cc1. The molecule has 3 aromatic rings. The maximum absolute atomic E-state index is 12.1. The molecule has 2 aromatic carbocycles. The van der Waals surface area contributed by atoms with Crippen LogP contribution in [0.5, 0.6) is 0 Å². The Morgan fingerprint density at radius 1 is 1.04 bits per heavy atom. The van der Waals surface area contributed by atoms with Crippen LogP contribution in [0.3, 0.4) is 0 Å². The first-order valence-corrected chi connectivity index (χ1v) is 8.37. The lowest BCUT2D eigenvalue weighted by molar-refractivity contribution is 0.0429. The summed E-state index contributed by atoms with van der Waals surface area (Å²) in [6.45, 7) is 4.40. The Balaban J connectivity index is 1.55. The number of ether oxygens (including phenoxy) is 2. The van der Waals surface area contributed by atoms with E-state index in [0.717, 1.165) is 11.1 Å². The molecule has 0 N–H and O–H groups in total. The second kappa shape index (κ2) is 8.40. The fourth-order valence-corrected chi connectivity index (χ4v) is 2.23. The Bertz CT molecular complexity index is 842. The summed E-state index contributed by atoms with van der Waals surface area (Å²) in [5.74, 6) is 0.270. The van der Waals surface area contributed by atoms with Crippen molar-refractivity contribution in [3.63, 3.8) is 0 Å². The Morgan fingerprint density at radius 2 is 1.77 bits per heavy atom. The lowest BCUT2D eigenvalue weighted by Gasteiger charge is -2.08. The zero-order chi connectivity index (χ0) is 18.4. The van der Waals surface area contributed by atoms with Crippen LogP contribution in [0.25, 0.3) is 11.4 Å². The molecule has 0 unspecified atom stereocenters. The molecular weight excluding hydrogens is 332 g/mol. The van der Waals surface area contributed by atoms with Crippen molar-refractivity contribution >= 4 is 5.97 Å². The smallest absolute Gasteiger partial charge is 0.338 e. The summed E-state index contributed by atoms with van der Waals surface area (Å²) in [6, 6.07) is 16.6. The predicted molar refractivity (Wildman–Crippen MR) is 95.2 cm³/mol. The highest BCUT2D eigenvalue weighted by Crippen LogP contribution is 2.15. The van der Waals surface area contributed by atoms with Gasteiger partial charge in [-0.1, -0.05) is 47.6 Å². The predicted octanol–water partition coefficient (Wildman–Crippen LogP) is 4.02. The quantitative estimate of drug-likeness (QED) is 0.598. The number of aromatic nitrogens is 2. The number of nitrogens with zero attached hydrogens (tertiary/aromatic N) is 2. The first-order valence-electron chi connectivity index (χ1n) is 8.37. The van der Waals surface area contributed by atoms with Crippen LogP contribution in [0, 0.1) is 0 Å². The van der Waals surface area contributed by atoms with Crippen LogP contribution in [0.15, 0.2) is 59.1 Å². The summed E-state index contributed by atoms with van der Waals surface area (Å²) in [7, 11) is 0. The summed E-state index contributed by atoms with van der Waals surface area (Å²) in [5.41, 5.74) is 2.30. The maximum atomic E-state index is 12.1. The van der Waals surface area contributed by atoms with Crippen LogP contribution in [-0.2, 0) is 22.7 Å². The molecular formula is C20H20N2O4. The molecule has 0 saturated carbocycles. The molecule has 0 fully saturated rings. The van der Waals surface area contributed by atoms with Crippen LogP contribution in [0.2, 0.25) is 0 Å². The van der Waals surface area contributed by atoms with Crippen molar-refractivity contribution in [3.8, 4) is 11.4 Å².